The third-order valence-corrected chi connectivity index (χ3v) is 4.57. The lowest BCUT2D eigenvalue weighted by molar-refractivity contribution is -0.142. The standard InChI is InChI=1S/C18H21N3O4/c1-11(2)17-19-16(20-25-17)12-6-5-9-21(12)18(22)15-10-23-13-7-3-4-8-14(13)24-15/h3-4,7-8,11-12,15H,5-6,9-10H2,1-2H3/t12-,15-/m0/s1. The van der Waals surface area contributed by atoms with Crippen LogP contribution in [-0.4, -0.2) is 40.2 Å². The number of nitrogens with zero attached hydrogens (tertiary/aromatic N) is 3. The van der Waals surface area contributed by atoms with Gasteiger partial charge in [-0.25, -0.2) is 0 Å². The van der Waals surface area contributed by atoms with Gasteiger partial charge in [0, 0.05) is 12.5 Å². The average molecular weight is 343 g/mol. The molecule has 25 heavy (non-hydrogen) atoms. The number of ether oxygens (including phenoxy) is 2. The van der Waals surface area contributed by atoms with Gasteiger partial charge in [-0.2, -0.15) is 4.98 Å². The molecule has 4 rings (SSSR count). The first-order valence-electron chi connectivity index (χ1n) is 8.66. The van der Waals surface area contributed by atoms with E-state index >= 15 is 0 Å². The lowest BCUT2D eigenvalue weighted by Crippen LogP contribution is -2.46. The van der Waals surface area contributed by atoms with Gasteiger partial charge in [0.25, 0.3) is 5.91 Å². The van der Waals surface area contributed by atoms with Crippen molar-refractivity contribution in [2.24, 2.45) is 0 Å². The van der Waals surface area contributed by atoms with Crippen LogP contribution in [0.5, 0.6) is 11.5 Å². The summed E-state index contributed by atoms with van der Waals surface area (Å²) in [7, 11) is 0. The molecule has 0 saturated carbocycles. The molecular weight excluding hydrogens is 322 g/mol. The summed E-state index contributed by atoms with van der Waals surface area (Å²) < 4.78 is 16.8. The van der Waals surface area contributed by atoms with Gasteiger partial charge in [0.05, 0.1) is 6.04 Å². The van der Waals surface area contributed by atoms with Gasteiger partial charge in [-0.1, -0.05) is 31.1 Å². The summed E-state index contributed by atoms with van der Waals surface area (Å²) in [5.41, 5.74) is 0. The van der Waals surface area contributed by atoms with Gasteiger partial charge in [0.15, 0.2) is 17.3 Å². The van der Waals surface area contributed by atoms with Crippen LogP contribution in [0.15, 0.2) is 28.8 Å². The highest BCUT2D eigenvalue weighted by molar-refractivity contribution is 5.82. The van der Waals surface area contributed by atoms with E-state index in [9.17, 15) is 4.79 Å². The van der Waals surface area contributed by atoms with Crippen LogP contribution in [0.1, 0.15) is 50.4 Å². The molecule has 1 aromatic heterocycles. The maximum atomic E-state index is 13.0. The van der Waals surface area contributed by atoms with E-state index in [0.717, 1.165) is 12.8 Å². The topological polar surface area (TPSA) is 77.7 Å². The van der Waals surface area contributed by atoms with Crippen LogP contribution in [0.4, 0.5) is 0 Å². The maximum absolute atomic E-state index is 13.0. The van der Waals surface area contributed by atoms with E-state index in [1.807, 2.05) is 38.1 Å². The first kappa shape index (κ1) is 15.9. The molecule has 0 spiro atoms. The Kier molecular flexibility index (Phi) is 4.07. The van der Waals surface area contributed by atoms with Crippen LogP contribution in [-0.2, 0) is 4.79 Å². The molecule has 2 aromatic rings. The fourth-order valence-electron chi connectivity index (χ4n) is 3.24. The SMILES string of the molecule is CC(C)c1nc([C@@H]2CCCN2C(=O)[C@@H]2COc3ccccc3O2)no1. The van der Waals surface area contributed by atoms with E-state index in [-0.39, 0.29) is 24.5 Å². The molecule has 1 fully saturated rings. The average Bonchev–Trinajstić information content (AvgIpc) is 3.29. The van der Waals surface area contributed by atoms with Gasteiger partial charge in [-0.3, -0.25) is 4.79 Å². The first-order chi connectivity index (χ1) is 12.1. The molecule has 1 aromatic carbocycles. The molecule has 3 heterocycles. The maximum Gasteiger partial charge on any atom is 0.267 e. The quantitative estimate of drug-likeness (QED) is 0.853. The molecule has 2 atom stereocenters. The van der Waals surface area contributed by atoms with Crippen molar-refractivity contribution in [1.82, 2.24) is 15.0 Å². The van der Waals surface area contributed by atoms with E-state index in [2.05, 4.69) is 10.1 Å². The van der Waals surface area contributed by atoms with Crippen molar-refractivity contribution in [3.63, 3.8) is 0 Å². The number of benzene rings is 1. The molecule has 2 aliphatic heterocycles. The third kappa shape index (κ3) is 2.94. The summed E-state index contributed by atoms with van der Waals surface area (Å²) in [5, 5.41) is 4.08. The monoisotopic (exact) mass is 343 g/mol. The molecule has 1 amide bonds. The molecule has 1 saturated heterocycles. The number of hydrogen-bond acceptors (Lipinski definition) is 6. The molecule has 0 radical (unpaired) electrons. The Bertz CT molecular complexity index is 773. The van der Waals surface area contributed by atoms with E-state index in [0.29, 0.717) is 29.8 Å². The van der Waals surface area contributed by atoms with Crippen LogP contribution in [0.2, 0.25) is 0 Å². The second-order valence-corrected chi connectivity index (χ2v) is 6.70. The number of fused-ring (bicyclic) bond motifs is 1. The van der Waals surface area contributed by atoms with Crippen LogP contribution >= 0.6 is 0 Å². The second-order valence-electron chi connectivity index (χ2n) is 6.70. The zero-order chi connectivity index (χ0) is 17.4. The minimum absolute atomic E-state index is 0.0899. The highest BCUT2D eigenvalue weighted by Gasteiger charge is 2.39. The summed E-state index contributed by atoms with van der Waals surface area (Å²) in [4.78, 5) is 19.2. The van der Waals surface area contributed by atoms with Gasteiger partial charge in [-0.05, 0) is 25.0 Å². The van der Waals surface area contributed by atoms with Crippen molar-refractivity contribution in [3.05, 3.63) is 36.0 Å². The van der Waals surface area contributed by atoms with E-state index in [4.69, 9.17) is 14.0 Å². The molecule has 0 aliphatic carbocycles. The van der Waals surface area contributed by atoms with E-state index < -0.39 is 6.10 Å². The molecule has 0 unspecified atom stereocenters. The normalized spacial score (nSPS) is 22.4. The zero-order valence-electron chi connectivity index (χ0n) is 14.3. The number of likely N-dealkylation sites (tertiary alicyclic amines) is 1. The molecule has 132 valence electrons. The first-order valence-corrected chi connectivity index (χ1v) is 8.66. The summed E-state index contributed by atoms with van der Waals surface area (Å²) in [6.45, 7) is 4.87. The van der Waals surface area contributed by atoms with Gasteiger partial charge in [0.2, 0.25) is 12.0 Å². The van der Waals surface area contributed by atoms with Crippen LogP contribution in [0, 0.1) is 0 Å². The Labute approximate surface area is 145 Å². The van der Waals surface area contributed by atoms with Gasteiger partial charge in [0.1, 0.15) is 6.61 Å². The van der Waals surface area contributed by atoms with Gasteiger partial charge < -0.3 is 18.9 Å². The number of amides is 1. The van der Waals surface area contributed by atoms with Crippen molar-refractivity contribution in [3.8, 4) is 11.5 Å². The van der Waals surface area contributed by atoms with Crippen LogP contribution in [0.25, 0.3) is 0 Å². The number of rotatable bonds is 3. The van der Waals surface area contributed by atoms with E-state index in [1.54, 1.807) is 4.90 Å². The number of hydrogen-bond donors (Lipinski definition) is 0. The Morgan fingerprint density at radius 2 is 2.08 bits per heavy atom. The highest BCUT2D eigenvalue weighted by Crippen LogP contribution is 2.35. The zero-order valence-corrected chi connectivity index (χ0v) is 14.3. The Morgan fingerprint density at radius 3 is 2.84 bits per heavy atom. The lowest BCUT2D eigenvalue weighted by Gasteiger charge is -2.30. The number of aromatic nitrogens is 2. The van der Waals surface area contributed by atoms with Crippen molar-refractivity contribution >= 4 is 5.91 Å². The van der Waals surface area contributed by atoms with Crippen molar-refractivity contribution in [1.29, 1.82) is 0 Å². The predicted octanol–water partition coefficient (Wildman–Crippen LogP) is 2.70. The summed E-state index contributed by atoms with van der Waals surface area (Å²) in [5.74, 6) is 2.52. The van der Waals surface area contributed by atoms with E-state index in [1.165, 1.54) is 0 Å². The fourth-order valence-corrected chi connectivity index (χ4v) is 3.24. The Balaban J connectivity index is 1.51. The molecule has 7 nitrogen and oxygen atoms in total. The lowest BCUT2D eigenvalue weighted by atomic mass is 10.2. The Hall–Kier alpha value is -2.57. The van der Waals surface area contributed by atoms with Crippen LogP contribution in [0.3, 0.4) is 0 Å². The Morgan fingerprint density at radius 1 is 1.28 bits per heavy atom. The summed E-state index contributed by atoms with van der Waals surface area (Å²) in [6.07, 6.45) is 1.09. The fraction of sp³-hybridized carbons (Fsp3) is 0.500. The molecule has 0 N–H and O–H groups in total. The second kappa shape index (κ2) is 6.38. The summed E-state index contributed by atoms with van der Waals surface area (Å²) in [6, 6.07) is 7.22. The predicted molar refractivity (Wildman–Crippen MR) is 88.4 cm³/mol. The van der Waals surface area contributed by atoms with Crippen molar-refractivity contribution < 1.29 is 18.8 Å². The minimum Gasteiger partial charge on any atom is -0.485 e. The number of carbonyl (C=O) groups is 1. The van der Waals surface area contributed by atoms with Crippen molar-refractivity contribution in [2.45, 2.75) is 44.8 Å². The van der Waals surface area contributed by atoms with Crippen LogP contribution < -0.4 is 9.47 Å². The minimum atomic E-state index is -0.646. The number of para-hydroxylation sites is 2. The number of carbonyl (C=O) groups excluding carboxylic acids is 1. The highest BCUT2D eigenvalue weighted by atomic mass is 16.6. The summed E-state index contributed by atoms with van der Waals surface area (Å²) >= 11 is 0. The van der Waals surface area contributed by atoms with Gasteiger partial charge in [-0.15, -0.1) is 0 Å². The largest absolute Gasteiger partial charge is 0.485 e. The molecule has 7 heteroatoms. The molecule has 2 aliphatic rings. The molecular formula is C18H21N3O4. The van der Waals surface area contributed by atoms with Gasteiger partial charge >= 0.3 is 0 Å². The third-order valence-electron chi connectivity index (χ3n) is 4.57. The smallest absolute Gasteiger partial charge is 0.267 e. The molecule has 0 bridgehead atoms. The van der Waals surface area contributed by atoms with Crippen molar-refractivity contribution in [2.75, 3.05) is 13.2 Å².